The number of piperidine rings is 1. The molecule has 0 amide bonds. The molecular formula is C29H31N7O. The van der Waals surface area contributed by atoms with Gasteiger partial charge in [-0.3, -0.25) is 4.90 Å². The van der Waals surface area contributed by atoms with Gasteiger partial charge in [0.05, 0.1) is 29.0 Å². The van der Waals surface area contributed by atoms with Crippen LogP contribution < -0.4 is 15.4 Å². The molecule has 1 fully saturated rings. The van der Waals surface area contributed by atoms with Gasteiger partial charge in [0.25, 0.3) is 0 Å². The number of nitriles is 2. The average molecular weight is 494 g/mol. The van der Waals surface area contributed by atoms with Crippen LogP contribution in [-0.2, 0) is 12.8 Å². The maximum atomic E-state index is 9.35. The minimum atomic E-state index is 0.470. The average Bonchev–Trinajstić information content (AvgIpc) is 3.14. The van der Waals surface area contributed by atoms with Gasteiger partial charge in [-0.25, -0.2) is 4.98 Å². The standard InChI is InChI=1S/C29H31N7O/c1-19-15-22(18-31)16-20(2)27(19)37-28-25-9-13-36(24-7-11-32-12-8-24)14-10-26(25)34-29(35-28)33-23-5-3-21(17-30)4-6-23/h3-6,15-16,24,32H,7-14H2,1-2H3,(H,33,34,35). The summed E-state index contributed by atoms with van der Waals surface area (Å²) in [5, 5.41) is 25.2. The van der Waals surface area contributed by atoms with Crippen LogP contribution in [0.25, 0.3) is 0 Å². The molecule has 1 saturated heterocycles. The van der Waals surface area contributed by atoms with E-state index in [-0.39, 0.29) is 0 Å². The highest BCUT2D eigenvalue weighted by molar-refractivity contribution is 5.57. The summed E-state index contributed by atoms with van der Waals surface area (Å²) in [6.07, 6.45) is 3.98. The number of aromatic nitrogens is 2. The molecule has 2 aliphatic heterocycles. The van der Waals surface area contributed by atoms with Crippen molar-refractivity contribution < 1.29 is 4.74 Å². The lowest BCUT2D eigenvalue weighted by atomic mass is 10.0. The van der Waals surface area contributed by atoms with E-state index in [9.17, 15) is 5.26 Å². The summed E-state index contributed by atoms with van der Waals surface area (Å²) >= 11 is 0. The summed E-state index contributed by atoms with van der Waals surface area (Å²) in [4.78, 5) is 12.3. The minimum absolute atomic E-state index is 0.470. The van der Waals surface area contributed by atoms with Crippen LogP contribution in [0.5, 0.6) is 11.6 Å². The number of hydrogen-bond donors (Lipinski definition) is 2. The van der Waals surface area contributed by atoms with Crippen LogP contribution in [0.4, 0.5) is 11.6 Å². The summed E-state index contributed by atoms with van der Waals surface area (Å²) < 4.78 is 6.52. The number of aryl methyl sites for hydroxylation is 2. The Morgan fingerprint density at radius 3 is 2.30 bits per heavy atom. The third-order valence-corrected chi connectivity index (χ3v) is 7.22. The Morgan fingerprint density at radius 2 is 1.62 bits per heavy atom. The summed E-state index contributed by atoms with van der Waals surface area (Å²) in [6.45, 7) is 7.95. The van der Waals surface area contributed by atoms with Crippen molar-refractivity contribution in [1.82, 2.24) is 20.2 Å². The molecule has 5 rings (SSSR count). The van der Waals surface area contributed by atoms with E-state index < -0.39 is 0 Å². The Labute approximate surface area is 217 Å². The van der Waals surface area contributed by atoms with Crippen molar-refractivity contribution in [3.05, 3.63) is 69.9 Å². The Morgan fingerprint density at radius 1 is 0.946 bits per heavy atom. The van der Waals surface area contributed by atoms with E-state index in [2.05, 4.69) is 27.7 Å². The second-order valence-electron chi connectivity index (χ2n) is 9.76. The second-order valence-corrected chi connectivity index (χ2v) is 9.76. The van der Waals surface area contributed by atoms with Crippen molar-refractivity contribution in [2.45, 2.75) is 45.6 Å². The van der Waals surface area contributed by atoms with Gasteiger partial charge in [0, 0.05) is 36.8 Å². The van der Waals surface area contributed by atoms with E-state index in [0.29, 0.717) is 29.0 Å². The lowest BCUT2D eigenvalue weighted by Gasteiger charge is -2.33. The lowest BCUT2D eigenvalue weighted by molar-refractivity contribution is 0.169. The first kappa shape index (κ1) is 24.7. The normalized spacial score (nSPS) is 16.2. The molecule has 37 heavy (non-hydrogen) atoms. The molecule has 0 saturated carbocycles. The molecule has 2 aliphatic rings. The van der Waals surface area contributed by atoms with Gasteiger partial charge in [-0.15, -0.1) is 0 Å². The summed E-state index contributed by atoms with van der Waals surface area (Å²) in [7, 11) is 0. The van der Waals surface area contributed by atoms with Gasteiger partial charge >= 0.3 is 0 Å². The highest BCUT2D eigenvalue weighted by atomic mass is 16.5. The fourth-order valence-corrected chi connectivity index (χ4v) is 5.29. The molecule has 3 aromatic rings. The monoisotopic (exact) mass is 493 g/mol. The van der Waals surface area contributed by atoms with E-state index in [0.717, 1.165) is 72.8 Å². The molecule has 188 valence electrons. The van der Waals surface area contributed by atoms with Crippen molar-refractivity contribution in [2.75, 3.05) is 31.5 Å². The molecule has 0 bridgehead atoms. The zero-order chi connectivity index (χ0) is 25.8. The topological polar surface area (TPSA) is 110 Å². The predicted molar refractivity (Wildman–Crippen MR) is 142 cm³/mol. The fraction of sp³-hybridized carbons (Fsp3) is 0.379. The summed E-state index contributed by atoms with van der Waals surface area (Å²) in [5.41, 5.74) is 5.87. The Bertz CT molecular complexity index is 1340. The van der Waals surface area contributed by atoms with Crippen LogP contribution in [0.1, 0.15) is 46.4 Å². The number of ether oxygens (including phenoxy) is 1. The predicted octanol–water partition coefficient (Wildman–Crippen LogP) is 4.53. The van der Waals surface area contributed by atoms with Crippen molar-refractivity contribution >= 4 is 11.6 Å². The van der Waals surface area contributed by atoms with E-state index in [1.54, 1.807) is 12.1 Å². The maximum absolute atomic E-state index is 9.35. The van der Waals surface area contributed by atoms with Crippen molar-refractivity contribution in [1.29, 1.82) is 10.5 Å². The zero-order valence-electron chi connectivity index (χ0n) is 21.3. The highest BCUT2D eigenvalue weighted by Crippen LogP contribution is 2.34. The number of benzene rings is 2. The lowest BCUT2D eigenvalue weighted by Crippen LogP contribution is -2.44. The van der Waals surface area contributed by atoms with E-state index in [1.807, 2.05) is 38.1 Å². The highest BCUT2D eigenvalue weighted by Gasteiger charge is 2.27. The van der Waals surface area contributed by atoms with E-state index in [4.69, 9.17) is 20.0 Å². The molecule has 8 heteroatoms. The van der Waals surface area contributed by atoms with Gasteiger partial charge in [0.1, 0.15) is 5.75 Å². The maximum Gasteiger partial charge on any atom is 0.230 e. The van der Waals surface area contributed by atoms with Gasteiger partial charge in [0.15, 0.2) is 0 Å². The number of rotatable bonds is 5. The Balaban J connectivity index is 1.49. The number of hydrogen-bond acceptors (Lipinski definition) is 8. The Hall–Kier alpha value is -3.98. The first-order chi connectivity index (χ1) is 18.0. The van der Waals surface area contributed by atoms with Crippen molar-refractivity contribution in [3.63, 3.8) is 0 Å². The van der Waals surface area contributed by atoms with Crippen LogP contribution in [0.2, 0.25) is 0 Å². The van der Waals surface area contributed by atoms with Crippen LogP contribution in [0.3, 0.4) is 0 Å². The fourth-order valence-electron chi connectivity index (χ4n) is 5.29. The van der Waals surface area contributed by atoms with Gasteiger partial charge in [-0.05, 0) is 93.7 Å². The molecule has 2 N–H and O–H groups in total. The molecule has 0 unspecified atom stereocenters. The smallest absolute Gasteiger partial charge is 0.230 e. The number of nitrogens with one attached hydrogen (secondary N) is 2. The van der Waals surface area contributed by atoms with Crippen molar-refractivity contribution in [2.24, 2.45) is 0 Å². The van der Waals surface area contributed by atoms with E-state index >= 15 is 0 Å². The number of nitrogens with zero attached hydrogens (tertiary/aromatic N) is 5. The van der Waals surface area contributed by atoms with Gasteiger partial charge in [0.2, 0.25) is 11.8 Å². The molecule has 0 spiro atoms. The summed E-state index contributed by atoms with van der Waals surface area (Å²) in [5.74, 6) is 1.76. The van der Waals surface area contributed by atoms with Crippen molar-refractivity contribution in [3.8, 4) is 23.8 Å². The van der Waals surface area contributed by atoms with Crippen LogP contribution in [-0.4, -0.2) is 47.1 Å². The third-order valence-electron chi connectivity index (χ3n) is 7.22. The molecular weight excluding hydrogens is 462 g/mol. The van der Waals surface area contributed by atoms with E-state index in [1.165, 1.54) is 12.8 Å². The van der Waals surface area contributed by atoms with Gasteiger partial charge in [-0.1, -0.05) is 0 Å². The van der Waals surface area contributed by atoms with Gasteiger partial charge in [-0.2, -0.15) is 15.5 Å². The zero-order valence-corrected chi connectivity index (χ0v) is 21.3. The van der Waals surface area contributed by atoms with Crippen LogP contribution in [0, 0.1) is 36.5 Å². The number of fused-ring (bicyclic) bond motifs is 1. The summed E-state index contributed by atoms with van der Waals surface area (Å²) in [6, 6.07) is 15.9. The van der Waals surface area contributed by atoms with Crippen LogP contribution >= 0.6 is 0 Å². The largest absolute Gasteiger partial charge is 0.438 e. The quantitative estimate of drug-likeness (QED) is 0.534. The molecule has 8 nitrogen and oxygen atoms in total. The molecule has 3 heterocycles. The first-order valence-corrected chi connectivity index (χ1v) is 12.8. The Kier molecular flexibility index (Phi) is 7.32. The minimum Gasteiger partial charge on any atom is -0.438 e. The first-order valence-electron chi connectivity index (χ1n) is 12.8. The SMILES string of the molecule is Cc1cc(C#N)cc(C)c1Oc1nc(Nc2ccc(C#N)cc2)nc2c1CCN(C1CCNCC1)CC2. The molecule has 0 radical (unpaired) electrons. The molecule has 0 aliphatic carbocycles. The second kappa shape index (κ2) is 11.0. The van der Waals surface area contributed by atoms with Gasteiger partial charge < -0.3 is 15.4 Å². The molecule has 1 aromatic heterocycles. The number of anilines is 2. The molecule has 2 aromatic carbocycles. The third kappa shape index (κ3) is 5.56. The molecule has 0 atom stereocenters. The van der Waals surface area contributed by atoms with Crippen LogP contribution in [0.15, 0.2) is 36.4 Å².